The zero-order valence-corrected chi connectivity index (χ0v) is 16.6. The first-order chi connectivity index (χ1) is 13.3. The largest absolute Gasteiger partial charge is 0.350 e. The van der Waals surface area contributed by atoms with E-state index < -0.39 is 6.04 Å². The van der Waals surface area contributed by atoms with Crippen molar-refractivity contribution < 1.29 is 14.4 Å². The van der Waals surface area contributed by atoms with Crippen LogP contribution in [-0.2, 0) is 4.79 Å². The molecule has 8 heteroatoms. The maximum absolute atomic E-state index is 13.0. The summed E-state index contributed by atoms with van der Waals surface area (Å²) in [5.74, 6) is -0.184. The van der Waals surface area contributed by atoms with Gasteiger partial charge in [0, 0.05) is 37.3 Å². The first-order valence-corrected chi connectivity index (χ1v) is 9.76. The lowest BCUT2D eigenvalue weighted by atomic mass is 10.1. The highest BCUT2D eigenvalue weighted by molar-refractivity contribution is 5.94. The van der Waals surface area contributed by atoms with Gasteiger partial charge in [-0.2, -0.15) is 0 Å². The van der Waals surface area contributed by atoms with Crippen molar-refractivity contribution in [3.05, 3.63) is 35.9 Å². The normalized spacial score (nSPS) is 24.8. The Morgan fingerprint density at radius 2 is 1.89 bits per heavy atom. The van der Waals surface area contributed by atoms with Crippen LogP contribution in [0.5, 0.6) is 0 Å². The molecule has 8 nitrogen and oxygen atoms in total. The Bertz CT molecular complexity index is 724. The molecule has 28 heavy (non-hydrogen) atoms. The first-order valence-electron chi connectivity index (χ1n) is 9.76. The molecule has 0 unspecified atom stereocenters. The molecule has 0 aromatic heterocycles. The predicted octanol–water partition coefficient (Wildman–Crippen LogP) is 0.408. The minimum absolute atomic E-state index is 0.000629. The number of carbonyl (C=O) groups is 3. The van der Waals surface area contributed by atoms with Gasteiger partial charge in [-0.25, -0.2) is 4.79 Å². The molecule has 3 atom stereocenters. The zero-order chi connectivity index (χ0) is 20.3. The molecule has 0 aliphatic carbocycles. The van der Waals surface area contributed by atoms with E-state index in [2.05, 4.69) is 16.0 Å². The standard InChI is InChI=1S/C20H29N5O3/c1-13(2)22-20(28)23-15-9-16-12-24(3)17(19(27)25(16)11-15)10-21-18(26)14-7-5-4-6-8-14/h4-8,13,15-17H,9-12H2,1-3H3,(H,21,26)(H2,22,23,28)/t15-,16-,17-/m0/s1. The van der Waals surface area contributed by atoms with Gasteiger partial charge in [-0.05, 0) is 39.4 Å². The number of carbonyl (C=O) groups excluding carboxylic acids is 3. The smallest absolute Gasteiger partial charge is 0.315 e. The van der Waals surface area contributed by atoms with Crippen LogP contribution in [0.25, 0.3) is 0 Å². The molecular formula is C20H29N5O3. The van der Waals surface area contributed by atoms with Gasteiger partial charge < -0.3 is 20.9 Å². The van der Waals surface area contributed by atoms with Crippen molar-refractivity contribution in [1.29, 1.82) is 0 Å². The number of hydrogen-bond acceptors (Lipinski definition) is 4. The molecule has 2 aliphatic heterocycles. The van der Waals surface area contributed by atoms with E-state index in [0.29, 0.717) is 12.1 Å². The number of fused-ring (bicyclic) bond motifs is 1. The lowest BCUT2D eigenvalue weighted by Gasteiger charge is -2.40. The molecule has 1 aromatic carbocycles. The summed E-state index contributed by atoms with van der Waals surface area (Å²) in [7, 11) is 1.90. The van der Waals surface area contributed by atoms with E-state index in [9.17, 15) is 14.4 Å². The molecule has 3 rings (SSSR count). The van der Waals surface area contributed by atoms with Crippen molar-refractivity contribution in [1.82, 2.24) is 25.8 Å². The minimum atomic E-state index is -0.396. The molecule has 0 radical (unpaired) electrons. The Labute approximate surface area is 165 Å². The second kappa shape index (κ2) is 8.60. The van der Waals surface area contributed by atoms with Crippen LogP contribution in [0.2, 0.25) is 0 Å². The van der Waals surface area contributed by atoms with Gasteiger partial charge in [0.25, 0.3) is 5.91 Å². The van der Waals surface area contributed by atoms with Crippen LogP contribution < -0.4 is 16.0 Å². The van der Waals surface area contributed by atoms with E-state index in [-0.39, 0.29) is 42.5 Å². The number of likely N-dealkylation sites (N-methyl/N-ethyl adjacent to an activating group) is 1. The second-order valence-corrected chi connectivity index (χ2v) is 7.88. The fourth-order valence-corrected chi connectivity index (χ4v) is 3.92. The average molecular weight is 387 g/mol. The molecular weight excluding hydrogens is 358 g/mol. The number of rotatable bonds is 5. The van der Waals surface area contributed by atoms with Crippen LogP contribution in [0, 0.1) is 0 Å². The predicted molar refractivity (Wildman–Crippen MR) is 106 cm³/mol. The summed E-state index contributed by atoms with van der Waals surface area (Å²) >= 11 is 0. The summed E-state index contributed by atoms with van der Waals surface area (Å²) in [6, 6.07) is 8.46. The van der Waals surface area contributed by atoms with Gasteiger partial charge in [0.2, 0.25) is 5.91 Å². The number of urea groups is 1. The first kappa shape index (κ1) is 20.1. The number of piperazine rings is 1. The number of nitrogens with zero attached hydrogens (tertiary/aromatic N) is 2. The number of hydrogen-bond donors (Lipinski definition) is 3. The maximum Gasteiger partial charge on any atom is 0.315 e. The topological polar surface area (TPSA) is 93.8 Å². The average Bonchev–Trinajstić information content (AvgIpc) is 3.03. The van der Waals surface area contributed by atoms with Gasteiger partial charge in [0.1, 0.15) is 6.04 Å². The lowest BCUT2D eigenvalue weighted by Crippen LogP contribution is -2.61. The molecule has 1 aromatic rings. The lowest BCUT2D eigenvalue weighted by molar-refractivity contribution is -0.142. The summed E-state index contributed by atoms with van der Waals surface area (Å²) in [5, 5.41) is 8.64. The van der Waals surface area contributed by atoms with Crippen LogP contribution in [0.3, 0.4) is 0 Å². The second-order valence-electron chi connectivity index (χ2n) is 7.88. The van der Waals surface area contributed by atoms with Gasteiger partial charge in [-0.1, -0.05) is 18.2 Å². The number of benzene rings is 1. The monoisotopic (exact) mass is 387 g/mol. The Balaban J connectivity index is 1.56. The van der Waals surface area contributed by atoms with Gasteiger partial charge in [-0.15, -0.1) is 0 Å². The number of nitrogens with one attached hydrogen (secondary N) is 3. The molecule has 2 saturated heterocycles. The summed E-state index contributed by atoms with van der Waals surface area (Å²) in [6.45, 7) is 5.31. The van der Waals surface area contributed by atoms with Crippen molar-refractivity contribution in [3.63, 3.8) is 0 Å². The van der Waals surface area contributed by atoms with Gasteiger partial charge in [0.15, 0.2) is 0 Å². The van der Waals surface area contributed by atoms with Crippen molar-refractivity contribution in [3.8, 4) is 0 Å². The maximum atomic E-state index is 13.0. The van der Waals surface area contributed by atoms with Crippen molar-refractivity contribution in [2.45, 2.75) is 44.4 Å². The van der Waals surface area contributed by atoms with E-state index in [1.165, 1.54) is 0 Å². The fraction of sp³-hybridized carbons (Fsp3) is 0.550. The quantitative estimate of drug-likeness (QED) is 0.682. The van der Waals surface area contributed by atoms with Crippen LogP contribution in [0.15, 0.2) is 30.3 Å². The third-order valence-corrected chi connectivity index (χ3v) is 5.26. The summed E-state index contributed by atoms with van der Waals surface area (Å²) in [4.78, 5) is 41.1. The molecule has 152 valence electrons. The van der Waals surface area contributed by atoms with Crippen LogP contribution >= 0.6 is 0 Å². The third kappa shape index (κ3) is 4.62. The van der Waals surface area contributed by atoms with Gasteiger partial charge in [-0.3, -0.25) is 14.5 Å². The highest BCUT2D eigenvalue weighted by Crippen LogP contribution is 2.25. The van der Waals surface area contributed by atoms with Crippen LogP contribution in [0.1, 0.15) is 30.6 Å². The molecule has 0 bridgehead atoms. The Morgan fingerprint density at radius 3 is 2.57 bits per heavy atom. The van der Waals surface area contributed by atoms with Crippen molar-refractivity contribution in [2.75, 3.05) is 26.7 Å². The van der Waals surface area contributed by atoms with Gasteiger partial charge >= 0.3 is 6.03 Å². The van der Waals surface area contributed by atoms with Crippen molar-refractivity contribution >= 4 is 17.8 Å². The Morgan fingerprint density at radius 1 is 1.18 bits per heavy atom. The molecule has 2 aliphatic rings. The summed E-state index contributed by atoms with van der Waals surface area (Å²) in [5.41, 5.74) is 0.577. The minimum Gasteiger partial charge on any atom is -0.350 e. The van der Waals surface area contributed by atoms with E-state index >= 15 is 0 Å². The molecule has 3 N–H and O–H groups in total. The number of amides is 4. The van der Waals surface area contributed by atoms with Crippen LogP contribution in [0.4, 0.5) is 4.79 Å². The van der Waals surface area contributed by atoms with E-state index in [1.807, 2.05) is 48.9 Å². The highest BCUT2D eigenvalue weighted by atomic mass is 16.2. The molecule has 0 saturated carbocycles. The van der Waals surface area contributed by atoms with Crippen LogP contribution in [-0.4, -0.2) is 78.5 Å². The van der Waals surface area contributed by atoms with Crippen molar-refractivity contribution in [2.24, 2.45) is 0 Å². The summed E-state index contributed by atoms with van der Waals surface area (Å²) in [6.07, 6.45) is 0.741. The molecule has 2 fully saturated rings. The molecule has 4 amide bonds. The fourth-order valence-electron chi connectivity index (χ4n) is 3.92. The SMILES string of the molecule is CC(C)NC(=O)N[C@H]1C[C@H]2CN(C)[C@@H](CNC(=O)c3ccccc3)C(=O)N2C1. The molecule has 0 spiro atoms. The van der Waals surface area contributed by atoms with Gasteiger partial charge in [0.05, 0.1) is 6.04 Å². The zero-order valence-electron chi connectivity index (χ0n) is 16.6. The Hall–Kier alpha value is -2.61. The molecule has 2 heterocycles. The van der Waals surface area contributed by atoms with E-state index in [1.54, 1.807) is 12.1 Å². The summed E-state index contributed by atoms with van der Waals surface area (Å²) < 4.78 is 0. The highest BCUT2D eigenvalue weighted by Gasteiger charge is 2.44. The third-order valence-electron chi connectivity index (χ3n) is 5.26. The Kier molecular flexibility index (Phi) is 6.18. The van der Waals surface area contributed by atoms with E-state index in [0.717, 1.165) is 13.0 Å². The van der Waals surface area contributed by atoms with E-state index in [4.69, 9.17) is 0 Å².